The maximum absolute atomic E-state index is 12.5. The molecule has 23 heavy (non-hydrogen) atoms. The van der Waals surface area contributed by atoms with Crippen molar-refractivity contribution in [2.75, 3.05) is 13.2 Å². The minimum atomic E-state index is -0.0412. The van der Waals surface area contributed by atoms with Crippen LogP contribution in [0, 0.1) is 6.92 Å². The van der Waals surface area contributed by atoms with Gasteiger partial charge in [0.05, 0.1) is 17.8 Å². The molecule has 4 heterocycles. The zero-order valence-electron chi connectivity index (χ0n) is 13.6. The van der Waals surface area contributed by atoms with Crippen LogP contribution in [0.1, 0.15) is 43.4 Å². The Kier molecular flexibility index (Phi) is 3.60. The van der Waals surface area contributed by atoms with Gasteiger partial charge in [-0.05, 0) is 50.3 Å². The maximum Gasteiger partial charge on any atom is 0.223 e. The van der Waals surface area contributed by atoms with Crippen molar-refractivity contribution in [3.8, 4) is 0 Å². The molecule has 2 aliphatic rings. The predicted octanol–water partition coefficient (Wildman–Crippen LogP) is 2.70. The van der Waals surface area contributed by atoms with Gasteiger partial charge in [0, 0.05) is 32.0 Å². The van der Waals surface area contributed by atoms with Crippen LogP contribution < -0.4 is 0 Å². The van der Waals surface area contributed by atoms with Crippen LogP contribution >= 0.6 is 0 Å². The van der Waals surface area contributed by atoms with E-state index in [1.54, 1.807) is 0 Å². The van der Waals surface area contributed by atoms with E-state index in [4.69, 9.17) is 4.74 Å². The van der Waals surface area contributed by atoms with E-state index in [9.17, 15) is 4.79 Å². The van der Waals surface area contributed by atoms with Crippen LogP contribution in [0.3, 0.4) is 0 Å². The number of carbonyl (C=O) groups is 1. The van der Waals surface area contributed by atoms with Gasteiger partial charge in [0.1, 0.15) is 5.65 Å². The molecule has 4 rings (SSSR count). The molecule has 0 radical (unpaired) electrons. The molecule has 2 saturated heterocycles. The third kappa shape index (κ3) is 2.85. The Morgan fingerprint density at radius 3 is 3.09 bits per heavy atom. The number of imidazole rings is 1. The number of aromatic nitrogens is 2. The molecule has 0 aromatic carbocycles. The van der Waals surface area contributed by atoms with E-state index < -0.39 is 0 Å². The van der Waals surface area contributed by atoms with Gasteiger partial charge >= 0.3 is 0 Å². The monoisotopic (exact) mass is 313 g/mol. The molecule has 0 N–H and O–H groups in total. The second kappa shape index (κ2) is 5.64. The number of likely N-dealkylation sites (tertiary alicyclic amines) is 1. The Hall–Kier alpha value is -1.88. The third-order valence-electron chi connectivity index (χ3n) is 5.19. The van der Waals surface area contributed by atoms with Gasteiger partial charge in [0.25, 0.3) is 0 Å². The van der Waals surface area contributed by atoms with E-state index in [0.717, 1.165) is 50.2 Å². The van der Waals surface area contributed by atoms with E-state index in [1.807, 2.05) is 21.7 Å². The number of aryl methyl sites for hydroxylation is 1. The van der Waals surface area contributed by atoms with Gasteiger partial charge in [0.2, 0.25) is 5.91 Å². The molecule has 5 nitrogen and oxygen atoms in total. The number of hydrogen-bond donors (Lipinski definition) is 0. The Labute approximate surface area is 136 Å². The summed E-state index contributed by atoms with van der Waals surface area (Å²) in [4.78, 5) is 19.1. The average Bonchev–Trinajstić information content (AvgIpc) is 3.11. The minimum Gasteiger partial charge on any atom is -0.375 e. The molecule has 1 atom stereocenters. The smallest absolute Gasteiger partial charge is 0.223 e. The lowest BCUT2D eigenvalue weighted by atomic mass is 9.92. The molecule has 2 aliphatic heterocycles. The van der Waals surface area contributed by atoms with E-state index >= 15 is 0 Å². The summed E-state index contributed by atoms with van der Waals surface area (Å²) in [6, 6.07) is 4.13. The number of pyridine rings is 1. The lowest BCUT2D eigenvalue weighted by Crippen LogP contribution is -2.32. The van der Waals surface area contributed by atoms with Crippen molar-refractivity contribution >= 4 is 11.6 Å². The summed E-state index contributed by atoms with van der Waals surface area (Å²) in [5.74, 6) is 0.227. The molecule has 5 heteroatoms. The SMILES string of the molecule is Cc1ccn2cc(CN3CC[C@]4(CCCO4)CCC3=O)nc2c1. The molecule has 0 bridgehead atoms. The van der Waals surface area contributed by atoms with Crippen LogP contribution in [0.4, 0.5) is 0 Å². The summed E-state index contributed by atoms with van der Waals surface area (Å²) in [5, 5.41) is 0. The molecule has 2 fully saturated rings. The standard InChI is InChI=1S/C18H23N3O2/c1-14-4-8-20-12-15(19-16(20)11-14)13-21-9-7-18(5-2-10-23-18)6-3-17(21)22/h4,8,11-12H,2-3,5-7,9-10,13H2,1H3/t18-/m0/s1. The highest BCUT2D eigenvalue weighted by Crippen LogP contribution is 2.36. The molecule has 0 aliphatic carbocycles. The highest BCUT2D eigenvalue weighted by Gasteiger charge is 2.38. The summed E-state index contributed by atoms with van der Waals surface area (Å²) in [6.07, 6.45) is 8.67. The van der Waals surface area contributed by atoms with Crippen molar-refractivity contribution in [1.29, 1.82) is 0 Å². The van der Waals surface area contributed by atoms with E-state index in [2.05, 4.69) is 24.0 Å². The Bertz CT molecular complexity index is 731. The first-order valence-electron chi connectivity index (χ1n) is 8.50. The average molecular weight is 313 g/mol. The number of hydrogen-bond acceptors (Lipinski definition) is 3. The number of fused-ring (bicyclic) bond motifs is 1. The van der Waals surface area contributed by atoms with Crippen molar-refractivity contribution in [3.63, 3.8) is 0 Å². The van der Waals surface area contributed by atoms with Crippen LogP contribution in [0.25, 0.3) is 5.65 Å². The quantitative estimate of drug-likeness (QED) is 0.856. The molecular formula is C18H23N3O2. The lowest BCUT2D eigenvalue weighted by Gasteiger charge is -2.26. The summed E-state index contributed by atoms with van der Waals surface area (Å²) in [7, 11) is 0. The highest BCUT2D eigenvalue weighted by molar-refractivity contribution is 5.76. The summed E-state index contributed by atoms with van der Waals surface area (Å²) < 4.78 is 7.99. The van der Waals surface area contributed by atoms with Crippen LogP contribution in [-0.4, -0.2) is 38.9 Å². The maximum atomic E-state index is 12.5. The Balaban J connectivity index is 1.51. The number of amides is 1. The van der Waals surface area contributed by atoms with Gasteiger partial charge in [-0.1, -0.05) is 0 Å². The fourth-order valence-corrected chi connectivity index (χ4v) is 3.81. The summed E-state index contributed by atoms with van der Waals surface area (Å²) >= 11 is 0. The summed E-state index contributed by atoms with van der Waals surface area (Å²) in [5.41, 5.74) is 3.05. The topological polar surface area (TPSA) is 46.8 Å². The van der Waals surface area contributed by atoms with Crippen molar-refractivity contribution in [2.45, 2.75) is 51.2 Å². The second-order valence-electron chi connectivity index (χ2n) is 6.90. The first-order chi connectivity index (χ1) is 11.1. The molecule has 0 unspecified atom stereocenters. The van der Waals surface area contributed by atoms with Crippen LogP contribution in [0.5, 0.6) is 0 Å². The van der Waals surface area contributed by atoms with Gasteiger partial charge in [-0.15, -0.1) is 0 Å². The molecule has 2 aromatic heterocycles. The van der Waals surface area contributed by atoms with Crippen LogP contribution in [0.15, 0.2) is 24.5 Å². The third-order valence-corrected chi connectivity index (χ3v) is 5.19. The highest BCUT2D eigenvalue weighted by atomic mass is 16.5. The lowest BCUT2D eigenvalue weighted by molar-refractivity contribution is -0.131. The predicted molar refractivity (Wildman–Crippen MR) is 87.1 cm³/mol. The van der Waals surface area contributed by atoms with Crippen molar-refractivity contribution in [1.82, 2.24) is 14.3 Å². The van der Waals surface area contributed by atoms with Crippen LogP contribution in [0.2, 0.25) is 0 Å². The van der Waals surface area contributed by atoms with Gasteiger partial charge in [-0.3, -0.25) is 4.79 Å². The second-order valence-corrected chi connectivity index (χ2v) is 6.90. The largest absolute Gasteiger partial charge is 0.375 e. The first kappa shape index (κ1) is 14.7. The fraction of sp³-hybridized carbons (Fsp3) is 0.556. The number of rotatable bonds is 2. The number of carbonyl (C=O) groups excluding carboxylic acids is 1. The molecule has 1 spiro atoms. The minimum absolute atomic E-state index is 0.0412. The van der Waals surface area contributed by atoms with Gasteiger partial charge in [0.15, 0.2) is 0 Å². The number of nitrogens with zero attached hydrogens (tertiary/aromatic N) is 3. The van der Waals surface area contributed by atoms with E-state index in [0.29, 0.717) is 13.0 Å². The van der Waals surface area contributed by atoms with E-state index in [1.165, 1.54) is 5.56 Å². The van der Waals surface area contributed by atoms with E-state index in [-0.39, 0.29) is 11.5 Å². The zero-order valence-corrected chi connectivity index (χ0v) is 13.6. The van der Waals surface area contributed by atoms with Gasteiger partial charge in [-0.25, -0.2) is 4.98 Å². The molecule has 2 aromatic rings. The molecule has 0 saturated carbocycles. The molecular weight excluding hydrogens is 290 g/mol. The van der Waals surface area contributed by atoms with Crippen molar-refractivity contribution < 1.29 is 9.53 Å². The molecule has 122 valence electrons. The molecule has 1 amide bonds. The first-order valence-corrected chi connectivity index (χ1v) is 8.50. The Morgan fingerprint density at radius 2 is 2.26 bits per heavy atom. The fourth-order valence-electron chi connectivity index (χ4n) is 3.81. The normalized spacial score (nSPS) is 25.4. The van der Waals surface area contributed by atoms with Gasteiger partial charge in [-0.2, -0.15) is 0 Å². The Morgan fingerprint density at radius 1 is 1.35 bits per heavy atom. The van der Waals surface area contributed by atoms with Crippen molar-refractivity contribution in [3.05, 3.63) is 35.8 Å². The summed E-state index contributed by atoms with van der Waals surface area (Å²) in [6.45, 7) is 4.27. The number of ether oxygens (including phenoxy) is 1. The van der Waals surface area contributed by atoms with Crippen LogP contribution in [-0.2, 0) is 16.1 Å². The van der Waals surface area contributed by atoms with Crippen molar-refractivity contribution in [2.24, 2.45) is 0 Å². The zero-order chi connectivity index (χ0) is 15.9. The van der Waals surface area contributed by atoms with Gasteiger partial charge < -0.3 is 14.0 Å².